The molecule has 0 spiro atoms. The van der Waals surface area contributed by atoms with E-state index in [4.69, 9.17) is 9.47 Å². The van der Waals surface area contributed by atoms with Gasteiger partial charge in [0.25, 0.3) is 5.91 Å². The van der Waals surface area contributed by atoms with Gasteiger partial charge in [0.1, 0.15) is 29.9 Å². The van der Waals surface area contributed by atoms with Crippen LogP contribution < -0.4 is 10.1 Å². The highest BCUT2D eigenvalue weighted by atomic mass is 16.5. The number of benzene rings is 1. The average molecular weight is 510 g/mol. The topological polar surface area (TPSA) is 118 Å². The molecule has 3 aliphatic rings. The Morgan fingerprint density at radius 3 is 2.73 bits per heavy atom. The summed E-state index contributed by atoms with van der Waals surface area (Å²) in [6.07, 6.45) is 5.21. The van der Waals surface area contributed by atoms with Crippen molar-refractivity contribution in [3.63, 3.8) is 0 Å². The van der Waals surface area contributed by atoms with E-state index in [2.05, 4.69) is 10.3 Å². The van der Waals surface area contributed by atoms with E-state index in [9.17, 15) is 19.2 Å². The second kappa shape index (κ2) is 10.7. The zero-order valence-electron chi connectivity index (χ0n) is 21.5. The molecule has 2 amide bonds. The lowest BCUT2D eigenvalue weighted by Crippen LogP contribution is -2.53. The number of ketones is 2. The Kier molecular flexibility index (Phi) is 7.33. The number of nitrogens with one attached hydrogen (secondary N) is 2. The number of amides is 2. The van der Waals surface area contributed by atoms with Crippen LogP contribution in [-0.2, 0) is 19.1 Å². The zero-order chi connectivity index (χ0) is 26.1. The number of rotatable bonds is 9. The largest absolute Gasteiger partial charge is 0.496 e. The minimum absolute atomic E-state index is 0.0501. The van der Waals surface area contributed by atoms with Crippen LogP contribution in [0.25, 0.3) is 10.9 Å². The number of Topliss-reactive ketones (excluding diaryl/α,β-unsaturated/α-hetero) is 2. The van der Waals surface area contributed by atoms with Crippen molar-refractivity contribution in [2.45, 2.75) is 57.0 Å². The Labute approximate surface area is 216 Å². The van der Waals surface area contributed by atoms with Crippen molar-refractivity contribution in [1.82, 2.24) is 15.2 Å². The first-order valence-corrected chi connectivity index (χ1v) is 13.2. The third-order valence-electron chi connectivity index (χ3n) is 8.44. The molecule has 198 valence electrons. The zero-order valence-corrected chi connectivity index (χ0v) is 21.5. The number of likely N-dealkylation sites (tertiary alicyclic amines) is 1. The van der Waals surface area contributed by atoms with E-state index < -0.39 is 12.1 Å². The Bertz CT molecular complexity index is 1210. The maximum Gasteiger partial charge on any atom is 0.271 e. The first-order valence-electron chi connectivity index (χ1n) is 13.2. The van der Waals surface area contributed by atoms with E-state index in [1.807, 2.05) is 18.2 Å². The normalized spacial score (nSPS) is 25.9. The number of aromatic nitrogens is 1. The van der Waals surface area contributed by atoms with Gasteiger partial charge in [-0.3, -0.25) is 19.2 Å². The summed E-state index contributed by atoms with van der Waals surface area (Å²) in [5.41, 5.74) is 1.19. The number of fused-ring (bicyclic) bond motifs is 2. The van der Waals surface area contributed by atoms with Crippen molar-refractivity contribution in [3.05, 3.63) is 30.0 Å². The summed E-state index contributed by atoms with van der Waals surface area (Å²) >= 11 is 0. The lowest BCUT2D eigenvalue weighted by Gasteiger charge is -2.29. The number of ether oxygens (including phenoxy) is 2. The van der Waals surface area contributed by atoms with Gasteiger partial charge in [0, 0.05) is 36.9 Å². The minimum Gasteiger partial charge on any atom is -0.496 e. The molecular weight excluding hydrogens is 474 g/mol. The monoisotopic (exact) mass is 509 g/mol. The maximum absolute atomic E-state index is 13.8. The van der Waals surface area contributed by atoms with Gasteiger partial charge in [-0.2, -0.15) is 0 Å². The molecule has 2 aromatic rings. The van der Waals surface area contributed by atoms with Gasteiger partial charge in [-0.1, -0.05) is 12.5 Å². The predicted molar refractivity (Wildman–Crippen MR) is 136 cm³/mol. The third kappa shape index (κ3) is 4.89. The van der Waals surface area contributed by atoms with Gasteiger partial charge in [-0.05, 0) is 62.1 Å². The van der Waals surface area contributed by atoms with Crippen molar-refractivity contribution in [1.29, 1.82) is 0 Å². The van der Waals surface area contributed by atoms with Crippen LogP contribution in [0.4, 0.5) is 0 Å². The van der Waals surface area contributed by atoms with Crippen molar-refractivity contribution >= 4 is 34.3 Å². The Hall–Kier alpha value is -3.20. The summed E-state index contributed by atoms with van der Waals surface area (Å²) in [4.78, 5) is 57.5. The first kappa shape index (κ1) is 25.4. The lowest BCUT2D eigenvalue weighted by atomic mass is 9.91. The fraction of sp³-hybridized carbons (Fsp3) is 0.571. The Balaban J connectivity index is 1.39. The molecule has 5 atom stereocenters. The number of carbonyl (C=O) groups excluding carboxylic acids is 4. The Morgan fingerprint density at radius 2 is 2.00 bits per heavy atom. The maximum atomic E-state index is 13.8. The van der Waals surface area contributed by atoms with Gasteiger partial charge in [-0.15, -0.1) is 0 Å². The second-order valence-electron chi connectivity index (χ2n) is 10.6. The van der Waals surface area contributed by atoms with Crippen LogP contribution in [0.15, 0.2) is 24.3 Å². The summed E-state index contributed by atoms with van der Waals surface area (Å²) in [5.74, 6) is 0.0749. The van der Waals surface area contributed by atoms with Crippen LogP contribution in [0.5, 0.6) is 5.75 Å². The molecule has 2 saturated carbocycles. The van der Waals surface area contributed by atoms with Crippen molar-refractivity contribution in [2.75, 3.05) is 27.4 Å². The molecule has 9 nitrogen and oxygen atoms in total. The SMILES string of the molecule is COCC(=O)[C@H](C[C@@H]1CCCC1=O)NC(=O)[C@@H]1[C@H]2CCC[C@H]2CN1C(=O)c1cc2c(OC)cccc2[nH]1. The van der Waals surface area contributed by atoms with Crippen LogP contribution in [0, 0.1) is 17.8 Å². The van der Waals surface area contributed by atoms with E-state index in [1.54, 1.807) is 18.1 Å². The predicted octanol–water partition coefficient (Wildman–Crippen LogP) is 2.88. The number of aromatic amines is 1. The summed E-state index contributed by atoms with van der Waals surface area (Å²) < 4.78 is 10.5. The fourth-order valence-electron chi connectivity index (χ4n) is 6.62. The molecule has 2 N–H and O–H groups in total. The second-order valence-corrected chi connectivity index (χ2v) is 10.6. The summed E-state index contributed by atoms with van der Waals surface area (Å²) in [5, 5.41) is 3.75. The molecule has 2 aliphatic carbocycles. The lowest BCUT2D eigenvalue weighted by molar-refractivity contribution is -0.133. The summed E-state index contributed by atoms with van der Waals surface area (Å²) in [7, 11) is 3.03. The van der Waals surface area contributed by atoms with Crippen molar-refractivity contribution < 1.29 is 28.7 Å². The number of methoxy groups -OCH3 is 2. The van der Waals surface area contributed by atoms with Gasteiger partial charge in [0.05, 0.1) is 13.2 Å². The molecule has 37 heavy (non-hydrogen) atoms. The van der Waals surface area contributed by atoms with E-state index in [0.717, 1.165) is 43.0 Å². The molecule has 0 unspecified atom stereocenters. The molecule has 1 saturated heterocycles. The smallest absolute Gasteiger partial charge is 0.271 e. The number of H-pyrrole nitrogens is 1. The van der Waals surface area contributed by atoms with Crippen molar-refractivity contribution in [3.8, 4) is 5.75 Å². The van der Waals surface area contributed by atoms with E-state index >= 15 is 0 Å². The van der Waals surface area contributed by atoms with E-state index in [-0.39, 0.29) is 54.2 Å². The van der Waals surface area contributed by atoms with Gasteiger partial charge in [-0.25, -0.2) is 0 Å². The molecule has 1 aromatic carbocycles. The highest BCUT2D eigenvalue weighted by Crippen LogP contribution is 2.43. The molecular formula is C28H35N3O6. The molecule has 9 heteroatoms. The molecule has 1 aromatic heterocycles. The quantitative estimate of drug-likeness (QED) is 0.537. The standard InChI is InChI=1S/C28H35N3O6/c1-36-15-24(33)21(12-16-6-4-10-23(16)32)30-27(34)26-18-8-3-7-17(18)14-31(26)28(35)22-13-19-20(29-22)9-5-11-25(19)37-2/h5,9,11,13,16-18,21,26,29H,3-4,6-8,10,12,14-15H2,1-2H3,(H,30,34)/t16-,17-,18-,21-,26-/m0/s1. The van der Waals surface area contributed by atoms with Crippen LogP contribution >= 0.6 is 0 Å². The number of hydrogen-bond acceptors (Lipinski definition) is 6. The molecule has 3 fully saturated rings. The van der Waals surface area contributed by atoms with Crippen LogP contribution in [-0.4, -0.2) is 72.7 Å². The minimum atomic E-state index is -0.811. The molecule has 0 bridgehead atoms. The van der Waals surface area contributed by atoms with Crippen LogP contribution in [0.3, 0.4) is 0 Å². The number of carbonyl (C=O) groups is 4. The van der Waals surface area contributed by atoms with Gasteiger partial charge >= 0.3 is 0 Å². The highest BCUT2D eigenvalue weighted by Gasteiger charge is 2.50. The molecule has 2 heterocycles. The van der Waals surface area contributed by atoms with Gasteiger partial charge in [0.2, 0.25) is 5.91 Å². The molecule has 0 radical (unpaired) electrons. The van der Waals surface area contributed by atoms with Crippen molar-refractivity contribution in [2.24, 2.45) is 17.8 Å². The average Bonchev–Trinajstić information content (AvgIpc) is 3.66. The number of nitrogens with zero attached hydrogens (tertiary/aromatic N) is 1. The van der Waals surface area contributed by atoms with E-state index in [0.29, 0.717) is 24.4 Å². The molecule has 5 rings (SSSR count). The summed E-state index contributed by atoms with van der Waals surface area (Å²) in [6.45, 7) is 0.369. The van der Waals surface area contributed by atoms with Crippen LogP contribution in [0.1, 0.15) is 55.4 Å². The third-order valence-corrected chi connectivity index (χ3v) is 8.44. The fourth-order valence-corrected chi connectivity index (χ4v) is 6.62. The summed E-state index contributed by atoms with van der Waals surface area (Å²) in [6, 6.07) is 5.88. The van der Waals surface area contributed by atoms with Gasteiger partial charge < -0.3 is 24.7 Å². The van der Waals surface area contributed by atoms with E-state index in [1.165, 1.54) is 7.11 Å². The van der Waals surface area contributed by atoms with Crippen LogP contribution in [0.2, 0.25) is 0 Å². The molecule has 1 aliphatic heterocycles. The number of hydrogen-bond donors (Lipinski definition) is 2. The van der Waals surface area contributed by atoms with Gasteiger partial charge in [0.15, 0.2) is 5.78 Å². The first-order chi connectivity index (χ1) is 17.9. The highest BCUT2D eigenvalue weighted by molar-refractivity contribution is 6.02. The Morgan fingerprint density at radius 1 is 1.16 bits per heavy atom.